The third-order valence-corrected chi connectivity index (χ3v) is 8.17. The van der Waals surface area contributed by atoms with E-state index in [1.807, 2.05) is 0 Å². The Kier molecular flexibility index (Phi) is 4.86. The lowest BCUT2D eigenvalue weighted by Gasteiger charge is -2.25. The molecule has 0 saturated carbocycles. The minimum atomic E-state index is 1.24. The van der Waals surface area contributed by atoms with Gasteiger partial charge in [0.1, 0.15) is 0 Å². The molecule has 29 heavy (non-hydrogen) atoms. The van der Waals surface area contributed by atoms with Crippen molar-refractivity contribution in [2.75, 3.05) is 0 Å². The van der Waals surface area contributed by atoms with Crippen LogP contribution in [0.3, 0.4) is 0 Å². The topological polar surface area (TPSA) is 0 Å². The zero-order valence-electron chi connectivity index (χ0n) is 18.8. The Balaban J connectivity index is 2.49. The molecule has 0 spiro atoms. The van der Waals surface area contributed by atoms with Crippen LogP contribution in [-0.2, 0) is 0 Å². The van der Waals surface area contributed by atoms with Crippen molar-refractivity contribution in [3.05, 3.63) is 79.3 Å². The molecule has 1 heteroatoms. The van der Waals surface area contributed by atoms with E-state index < -0.39 is 0 Å². The smallest absolute Gasteiger partial charge is 0.0338 e. The molecule has 4 aromatic rings. The average Bonchev–Trinajstić information content (AvgIpc) is 2.72. The summed E-state index contributed by atoms with van der Waals surface area (Å²) >= 11 is 4.08. The molecule has 0 atom stereocenters. The highest BCUT2D eigenvalue weighted by atomic mass is 79.9. The Bertz CT molecular complexity index is 1230. The van der Waals surface area contributed by atoms with E-state index in [1.165, 1.54) is 81.7 Å². The van der Waals surface area contributed by atoms with Crippen molar-refractivity contribution in [1.29, 1.82) is 0 Å². The standard InChI is InChI=1S/C28H29Br/c1-14-16(3)20(7)25-23(18(14)5)27(22-12-10-9-11-13-22)24-19(6)15(2)17(4)21(8)26(24)28(25)29/h9-13H,1-8H3. The summed E-state index contributed by atoms with van der Waals surface area (Å²) in [6.07, 6.45) is 0. The Morgan fingerprint density at radius 3 is 1.17 bits per heavy atom. The Hall–Kier alpha value is -2.12. The van der Waals surface area contributed by atoms with Gasteiger partial charge in [-0.1, -0.05) is 30.3 Å². The van der Waals surface area contributed by atoms with E-state index in [4.69, 9.17) is 0 Å². The first kappa shape index (κ1) is 20.2. The van der Waals surface area contributed by atoms with Gasteiger partial charge in [-0.25, -0.2) is 0 Å². The fraction of sp³-hybridized carbons (Fsp3) is 0.286. The van der Waals surface area contributed by atoms with E-state index >= 15 is 0 Å². The van der Waals surface area contributed by atoms with Crippen molar-refractivity contribution in [2.45, 2.75) is 55.4 Å². The van der Waals surface area contributed by atoms with Gasteiger partial charge in [0.05, 0.1) is 0 Å². The van der Waals surface area contributed by atoms with Gasteiger partial charge >= 0.3 is 0 Å². The molecular weight excluding hydrogens is 416 g/mol. The van der Waals surface area contributed by atoms with Gasteiger partial charge in [-0.15, -0.1) is 0 Å². The molecule has 148 valence electrons. The van der Waals surface area contributed by atoms with Gasteiger partial charge in [-0.3, -0.25) is 0 Å². The molecular formula is C28H29Br. The first-order valence-corrected chi connectivity index (χ1v) is 11.1. The Morgan fingerprint density at radius 2 is 0.793 bits per heavy atom. The second-order valence-corrected chi connectivity index (χ2v) is 9.35. The minimum Gasteiger partial charge on any atom is -0.0622 e. The number of halogens is 1. The van der Waals surface area contributed by atoms with Crippen LogP contribution in [0.15, 0.2) is 34.8 Å². The number of benzene rings is 4. The molecule has 0 radical (unpaired) electrons. The largest absolute Gasteiger partial charge is 0.0622 e. The van der Waals surface area contributed by atoms with Gasteiger partial charge in [-0.05, 0) is 138 Å². The fourth-order valence-corrected chi connectivity index (χ4v) is 5.93. The summed E-state index contributed by atoms with van der Waals surface area (Å²) < 4.78 is 1.24. The lowest BCUT2D eigenvalue weighted by Crippen LogP contribution is -2.02. The lowest BCUT2D eigenvalue weighted by molar-refractivity contribution is 1.24. The van der Waals surface area contributed by atoms with Gasteiger partial charge < -0.3 is 0 Å². The van der Waals surface area contributed by atoms with Gasteiger partial charge in [0.2, 0.25) is 0 Å². The van der Waals surface area contributed by atoms with E-state index in [-0.39, 0.29) is 0 Å². The molecule has 0 amide bonds. The molecule has 0 nitrogen and oxygen atoms in total. The van der Waals surface area contributed by atoms with Gasteiger partial charge in [0, 0.05) is 15.2 Å². The number of hydrogen-bond donors (Lipinski definition) is 0. The van der Waals surface area contributed by atoms with Crippen molar-refractivity contribution in [2.24, 2.45) is 0 Å². The van der Waals surface area contributed by atoms with Crippen molar-refractivity contribution in [3.8, 4) is 11.1 Å². The fourth-order valence-electron chi connectivity index (χ4n) is 4.94. The van der Waals surface area contributed by atoms with E-state index in [0.717, 1.165) is 0 Å². The molecule has 0 aromatic heterocycles. The third-order valence-electron chi connectivity index (χ3n) is 7.38. The molecule has 0 saturated heterocycles. The second kappa shape index (κ2) is 6.99. The summed E-state index contributed by atoms with van der Waals surface area (Å²) in [4.78, 5) is 0. The van der Waals surface area contributed by atoms with Gasteiger partial charge in [0.25, 0.3) is 0 Å². The monoisotopic (exact) mass is 444 g/mol. The summed E-state index contributed by atoms with van der Waals surface area (Å²) in [6.45, 7) is 18.2. The number of hydrogen-bond acceptors (Lipinski definition) is 0. The molecule has 0 aliphatic carbocycles. The van der Waals surface area contributed by atoms with E-state index in [0.29, 0.717) is 0 Å². The van der Waals surface area contributed by atoms with Crippen molar-refractivity contribution in [3.63, 3.8) is 0 Å². The zero-order chi connectivity index (χ0) is 21.2. The van der Waals surface area contributed by atoms with Crippen LogP contribution >= 0.6 is 15.9 Å². The predicted molar refractivity (Wildman–Crippen MR) is 132 cm³/mol. The second-order valence-electron chi connectivity index (χ2n) is 8.56. The highest BCUT2D eigenvalue weighted by Gasteiger charge is 2.23. The highest BCUT2D eigenvalue weighted by molar-refractivity contribution is 9.10. The first-order valence-electron chi connectivity index (χ1n) is 10.3. The van der Waals surface area contributed by atoms with Crippen LogP contribution in [0.4, 0.5) is 0 Å². The lowest BCUT2D eigenvalue weighted by atomic mass is 9.81. The Morgan fingerprint density at radius 1 is 0.448 bits per heavy atom. The number of rotatable bonds is 1. The molecule has 0 N–H and O–H groups in total. The maximum absolute atomic E-state index is 4.08. The van der Waals surface area contributed by atoms with E-state index in [9.17, 15) is 0 Å². The maximum Gasteiger partial charge on any atom is 0.0338 e. The molecule has 0 aliphatic rings. The van der Waals surface area contributed by atoms with Gasteiger partial charge in [-0.2, -0.15) is 0 Å². The van der Waals surface area contributed by atoms with Crippen LogP contribution in [0.25, 0.3) is 32.7 Å². The molecule has 4 rings (SSSR count). The van der Waals surface area contributed by atoms with Crippen LogP contribution in [-0.4, -0.2) is 0 Å². The van der Waals surface area contributed by atoms with Crippen molar-refractivity contribution >= 4 is 37.5 Å². The summed E-state index contributed by atoms with van der Waals surface area (Å²) in [7, 11) is 0. The first-order chi connectivity index (χ1) is 13.7. The Labute approximate surface area is 183 Å². The summed E-state index contributed by atoms with van der Waals surface area (Å²) in [5.74, 6) is 0. The molecule has 0 unspecified atom stereocenters. The summed E-state index contributed by atoms with van der Waals surface area (Å²) in [5.41, 5.74) is 13.8. The van der Waals surface area contributed by atoms with Crippen LogP contribution in [0, 0.1) is 55.4 Å². The van der Waals surface area contributed by atoms with Crippen molar-refractivity contribution < 1.29 is 0 Å². The van der Waals surface area contributed by atoms with Crippen LogP contribution in [0.1, 0.15) is 44.5 Å². The molecule has 0 aliphatic heterocycles. The molecule has 0 heterocycles. The van der Waals surface area contributed by atoms with Crippen LogP contribution in [0.5, 0.6) is 0 Å². The number of fused-ring (bicyclic) bond motifs is 2. The normalized spacial score (nSPS) is 11.6. The minimum absolute atomic E-state index is 1.24. The molecule has 0 fully saturated rings. The van der Waals surface area contributed by atoms with Crippen LogP contribution < -0.4 is 0 Å². The quantitative estimate of drug-likeness (QED) is 0.257. The number of aryl methyl sites for hydroxylation is 4. The molecule has 4 aromatic carbocycles. The molecule has 0 bridgehead atoms. The van der Waals surface area contributed by atoms with Crippen molar-refractivity contribution in [1.82, 2.24) is 0 Å². The third kappa shape index (κ3) is 2.70. The summed E-state index contributed by atoms with van der Waals surface area (Å²) in [6, 6.07) is 10.9. The van der Waals surface area contributed by atoms with E-state index in [1.54, 1.807) is 0 Å². The summed E-state index contributed by atoms with van der Waals surface area (Å²) in [5, 5.41) is 5.51. The van der Waals surface area contributed by atoms with E-state index in [2.05, 4.69) is 102 Å². The average molecular weight is 445 g/mol. The SMILES string of the molecule is Cc1c(C)c(C)c2c(-c3ccccc3)c3c(C)c(C)c(C)c(C)c3c(Br)c2c1C. The van der Waals surface area contributed by atoms with Gasteiger partial charge in [0.15, 0.2) is 0 Å². The highest BCUT2D eigenvalue weighted by Crippen LogP contribution is 2.48. The predicted octanol–water partition coefficient (Wildman–Crippen LogP) is 8.89. The zero-order valence-corrected chi connectivity index (χ0v) is 20.4. The maximum atomic E-state index is 4.08. The van der Waals surface area contributed by atoms with Crippen LogP contribution in [0.2, 0.25) is 0 Å².